The molecule has 0 atom stereocenters. The molecule has 0 aliphatic carbocycles. The summed E-state index contributed by atoms with van der Waals surface area (Å²) in [7, 11) is 0. The van der Waals surface area contributed by atoms with Crippen molar-refractivity contribution in [2.45, 2.75) is 24.4 Å². The van der Waals surface area contributed by atoms with E-state index >= 15 is 0 Å². The van der Waals surface area contributed by atoms with E-state index in [-0.39, 0.29) is 11.9 Å². The van der Waals surface area contributed by atoms with Gasteiger partial charge in [0.1, 0.15) is 5.82 Å². The van der Waals surface area contributed by atoms with Crippen molar-refractivity contribution in [2.75, 3.05) is 11.5 Å². The van der Waals surface area contributed by atoms with Crippen molar-refractivity contribution in [1.82, 2.24) is 29.7 Å². The first-order chi connectivity index (χ1) is 11.2. The molecule has 1 aromatic carbocycles. The molecule has 2 aromatic heterocycles. The fourth-order valence-electron chi connectivity index (χ4n) is 2.13. The van der Waals surface area contributed by atoms with Crippen molar-refractivity contribution in [3.05, 3.63) is 36.2 Å². The van der Waals surface area contributed by atoms with E-state index in [1.165, 1.54) is 11.8 Å². The Bertz CT molecular complexity index is 782. The molecule has 118 valence electrons. The zero-order chi connectivity index (χ0) is 16.2. The van der Waals surface area contributed by atoms with Crippen LogP contribution in [0.15, 0.2) is 35.5 Å². The number of nitrogens with zero attached hydrogens (tertiary/aromatic N) is 6. The number of nitrogens with two attached hydrogens (primary N) is 2. The molecular weight excluding hydrogens is 312 g/mol. The van der Waals surface area contributed by atoms with Gasteiger partial charge in [0.2, 0.25) is 11.9 Å². The van der Waals surface area contributed by atoms with Gasteiger partial charge in [-0.3, -0.25) is 0 Å². The summed E-state index contributed by atoms with van der Waals surface area (Å²) in [5.41, 5.74) is 12.2. The summed E-state index contributed by atoms with van der Waals surface area (Å²) in [6.45, 7) is 2.82. The van der Waals surface area contributed by atoms with Gasteiger partial charge in [0.15, 0.2) is 11.0 Å². The highest BCUT2D eigenvalue weighted by molar-refractivity contribution is 7.98. The van der Waals surface area contributed by atoms with E-state index in [0.29, 0.717) is 11.6 Å². The summed E-state index contributed by atoms with van der Waals surface area (Å²) < 4.78 is 2.05. The number of nitrogen functional groups attached to an aromatic ring is 2. The zero-order valence-corrected chi connectivity index (χ0v) is 13.4. The predicted octanol–water partition coefficient (Wildman–Crippen LogP) is 1.61. The molecular formula is C14H16N8S. The minimum atomic E-state index is 0.120. The Morgan fingerprint density at radius 2 is 1.70 bits per heavy atom. The molecule has 0 fully saturated rings. The van der Waals surface area contributed by atoms with E-state index in [1.54, 1.807) is 0 Å². The average molecular weight is 328 g/mol. The monoisotopic (exact) mass is 328 g/mol. The molecule has 0 unspecified atom stereocenters. The van der Waals surface area contributed by atoms with Crippen LogP contribution in [-0.2, 0) is 12.3 Å². The SMILES string of the molecule is CCn1c(SCc2nc(N)nc(N)n2)nnc1-c1ccccc1. The third kappa shape index (κ3) is 3.39. The number of rotatable bonds is 5. The maximum atomic E-state index is 5.58. The lowest BCUT2D eigenvalue weighted by Crippen LogP contribution is -2.06. The topological polar surface area (TPSA) is 121 Å². The number of hydrogen-bond acceptors (Lipinski definition) is 8. The van der Waals surface area contributed by atoms with E-state index in [4.69, 9.17) is 11.5 Å². The van der Waals surface area contributed by atoms with Crippen molar-refractivity contribution in [2.24, 2.45) is 0 Å². The second kappa shape index (κ2) is 6.61. The Morgan fingerprint density at radius 1 is 1.00 bits per heavy atom. The summed E-state index contributed by atoms with van der Waals surface area (Å²) in [5, 5.41) is 9.36. The lowest BCUT2D eigenvalue weighted by Gasteiger charge is -2.07. The molecule has 4 N–H and O–H groups in total. The van der Waals surface area contributed by atoms with Gasteiger partial charge in [-0.25, -0.2) is 0 Å². The summed E-state index contributed by atoms with van der Waals surface area (Å²) in [6.07, 6.45) is 0. The van der Waals surface area contributed by atoms with Crippen molar-refractivity contribution in [3.8, 4) is 11.4 Å². The highest BCUT2D eigenvalue weighted by Gasteiger charge is 2.14. The molecule has 0 radical (unpaired) electrons. The minimum Gasteiger partial charge on any atom is -0.368 e. The summed E-state index contributed by atoms with van der Waals surface area (Å²) in [4.78, 5) is 11.9. The van der Waals surface area contributed by atoms with E-state index < -0.39 is 0 Å². The van der Waals surface area contributed by atoms with Crippen LogP contribution in [-0.4, -0.2) is 29.7 Å². The van der Waals surface area contributed by atoms with Gasteiger partial charge >= 0.3 is 0 Å². The van der Waals surface area contributed by atoms with Gasteiger partial charge in [-0.2, -0.15) is 15.0 Å². The Morgan fingerprint density at radius 3 is 2.35 bits per heavy atom. The Kier molecular flexibility index (Phi) is 4.38. The molecule has 2 heterocycles. The number of anilines is 2. The summed E-state index contributed by atoms with van der Waals surface area (Å²) in [5.74, 6) is 2.09. The molecule has 23 heavy (non-hydrogen) atoms. The first kappa shape index (κ1) is 15.2. The van der Waals surface area contributed by atoms with Gasteiger partial charge in [-0.15, -0.1) is 10.2 Å². The molecule has 3 aromatic rings. The molecule has 0 spiro atoms. The third-order valence-electron chi connectivity index (χ3n) is 3.11. The van der Waals surface area contributed by atoms with Crippen LogP contribution in [0.2, 0.25) is 0 Å². The first-order valence-corrected chi connectivity index (χ1v) is 8.03. The Labute approximate surface area is 137 Å². The van der Waals surface area contributed by atoms with E-state index in [9.17, 15) is 0 Å². The number of aromatic nitrogens is 6. The highest BCUT2D eigenvalue weighted by Crippen LogP contribution is 2.25. The van der Waals surface area contributed by atoms with Crippen LogP contribution in [0.3, 0.4) is 0 Å². The van der Waals surface area contributed by atoms with Gasteiger partial charge < -0.3 is 16.0 Å². The number of benzene rings is 1. The smallest absolute Gasteiger partial charge is 0.225 e. The molecule has 0 aliphatic heterocycles. The number of thioether (sulfide) groups is 1. The first-order valence-electron chi connectivity index (χ1n) is 7.04. The van der Waals surface area contributed by atoms with Crippen molar-refractivity contribution < 1.29 is 0 Å². The third-order valence-corrected chi connectivity index (χ3v) is 4.07. The van der Waals surface area contributed by atoms with Crippen LogP contribution in [0.1, 0.15) is 12.7 Å². The quantitative estimate of drug-likeness (QED) is 0.677. The van der Waals surface area contributed by atoms with Crippen LogP contribution >= 0.6 is 11.8 Å². The lowest BCUT2D eigenvalue weighted by atomic mass is 10.2. The molecule has 3 rings (SSSR count). The second-order valence-electron chi connectivity index (χ2n) is 4.67. The molecule has 8 nitrogen and oxygen atoms in total. The Hall–Kier alpha value is -2.68. The number of hydrogen-bond donors (Lipinski definition) is 2. The predicted molar refractivity (Wildman–Crippen MR) is 89.3 cm³/mol. The van der Waals surface area contributed by atoms with Crippen molar-refractivity contribution in [3.63, 3.8) is 0 Å². The standard InChI is InChI=1S/C14H16N8S/c1-2-22-11(9-6-4-3-5-7-9)20-21-14(22)23-8-10-17-12(15)19-13(16)18-10/h3-7H,2,8H2,1H3,(H4,15,16,17,18,19). The van der Waals surface area contributed by atoms with Crippen LogP contribution in [0.25, 0.3) is 11.4 Å². The van der Waals surface area contributed by atoms with Crippen LogP contribution in [0.5, 0.6) is 0 Å². The second-order valence-corrected chi connectivity index (χ2v) is 5.62. The van der Waals surface area contributed by atoms with Gasteiger partial charge in [-0.1, -0.05) is 42.1 Å². The van der Waals surface area contributed by atoms with Crippen LogP contribution < -0.4 is 11.5 Å². The van der Waals surface area contributed by atoms with Crippen molar-refractivity contribution >= 4 is 23.7 Å². The molecule has 0 saturated carbocycles. The van der Waals surface area contributed by atoms with Gasteiger partial charge in [0.05, 0.1) is 5.75 Å². The molecule has 0 amide bonds. The van der Waals surface area contributed by atoms with E-state index in [2.05, 4.69) is 32.1 Å². The minimum absolute atomic E-state index is 0.120. The molecule has 0 bridgehead atoms. The van der Waals surface area contributed by atoms with E-state index in [1.807, 2.05) is 34.9 Å². The zero-order valence-electron chi connectivity index (χ0n) is 12.5. The van der Waals surface area contributed by atoms with Gasteiger partial charge in [0.25, 0.3) is 0 Å². The fourth-order valence-corrected chi connectivity index (χ4v) is 2.99. The maximum Gasteiger partial charge on any atom is 0.225 e. The maximum absolute atomic E-state index is 5.58. The van der Waals surface area contributed by atoms with Gasteiger partial charge in [-0.05, 0) is 6.92 Å². The average Bonchev–Trinajstić information content (AvgIpc) is 2.96. The van der Waals surface area contributed by atoms with Crippen LogP contribution in [0.4, 0.5) is 11.9 Å². The summed E-state index contributed by atoms with van der Waals surface area (Å²) >= 11 is 1.48. The van der Waals surface area contributed by atoms with E-state index in [0.717, 1.165) is 23.1 Å². The fraction of sp³-hybridized carbons (Fsp3) is 0.214. The summed E-state index contributed by atoms with van der Waals surface area (Å²) in [6, 6.07) is 9.96. The molecule has 0 saturated heterocycles. The molecule has 9 heteroatoms. The van der Waals surface area contributed by atoms with Gasteiger partial charge in [0, 0.05) is 12.1 Å². The normalized spacial score (nSPS) is 10.8. The lowest BCUT2D eigenvalue weighted by molar-refractivity contribution is 0.687. The molecule has 0 aliphatic rings. The highest BCUT2D eigenvalue weighted by atomic mass is 32.2. The van der Waals surface area contributed by atoms with Crippen LogP contribution in [0, 0.1) is 0 Å². The largest absolute Gasteiger partial charge is 0.368 e. The van der Waals surface area contributed by atoms with Crippen molar-refractivity contribution in [1.29, 1.82) is 0 Å². The Balaban J connectivity index is 1.82.